The van der Waals surface area contributed by atoms with Crippen molar-refractivity contribution in [1.82, 2.24) is 15.1 Å². The van der Waals surface area contributed by atoms with Gasteiger partial charge in [0.05, 0.1) is 29.6 Å². The van der Waals surface area contributed by atoms with Crippen LogP contribution in [0.5, 0.6) is 0 Å². The van der Waals surface area contributed by atoms with Crippen LogP contribution in [0.25, 0.3) is 11.5 Å². The number of halogens is 3. The van der Waals surface area contributed by atoms with Crippen LogP contribution in [-0.2, 0) is 11.0 Å². The van der Waals surface area contributed by atoms with Crippen molar-refractivity contribution in [3.8, 4) is 11.5 Å². The molecular weight excluding hydrogens is 401 g/mol. The van der Waals surface area contributed by atoms with Crippen LogP contribution in [0.2, 0.25) is 0 Å². The largest absolute Gasteiger partial charge is 0.472 e. The van der Waals surface area contributed by atoms with E-state index in [9.17, 15) is 18.0 Å². The van der Waals surface area contributed by atoms with Crippen LogP contribution in [0.4, 0.5) is 18.9 Å². The number of furan rings is 1. The molecule has 4 rings (SSSR count). The van der Waals surface area contributed by atoms with E-state index in [-0.39, 0.29) is 18.2 Å². The van der Waals surface area contributed by atoms with Crippen molar-refractivity contribution in [3.63, 3.8) is 0 Å². The Morgan fingerprint density at radius 1 is 1.17 bits per heavy atom. The first kappa shape index (κ1) is 20.1. The van der Waals surface area contributed by atoms with Crippen LogP contribution in [0.3, 0.4) is 0 Å². The van der Waals surface area contributed by atoms with Gasteiger partial charge in [-0.1, -0.05) is 12.1 Å². The topological polar surface area (TPSA) is 84.4 Å². The summed E-state index contributed by atoms with van der Waals surface area (Å²) in [5.74, 6) is 0.520. The van der Waals surface area contributed by atoms with Gasteiger partial charge in [-0.3, -0.25) is 9.69 Å². The molecule has 0 spiro atoms. The number of para-hydroxylation sites is 1. The number of alkyl halides is 3. The van der Waals surface area contributed by atoms with E-state index in [0.717, 1.165) is 6.07 Å². The Labute approximate surface area is 169 Å². The number of anilines is 1. The second-order valence-corrected chi connectivity index (χ2v) is 7.10. The van der Waals surface area contributed by atoms with Crippen LogP contribution in [0.1, 0.15) is 30.2 Å². The number of carbonyl (C=O) groups excluding carboxylic acids is 1. The van der Waals surface area contributed by atoms with Gasteiger partial charge in [0, 0.05) is 5.92 Å². The number of piperidine rings is 1. The highest BCUT2D eigenvalue weighted by molar-refractivity contribution is 5.93. The lowest BCUT2D eigenvalue weighted by molar-refractivity contribution is -0.137. The highest BCUT2D eigenvalue weighted by Gasteiger charge is 2.34. The third kappa shape index (κ3) is 4.54. The maximum absolute atomic E-state index is 13.1. The number of aromatic nitrogens is 2. The molecule has 0 aliphatic carbocycles. The van der Waals surface area contributed by atoms with E-state index >= 15 is 0 Å². The lowest BCUT2D eigenvalue weighted by Gasteiger charge is -2.29. The second kappa shape index (κ2) is 8.31. The molecule has 0 radical (unpaired) electrons. The molecule has 0 bridgehead atoms. The number of nitrogens with one attached hydrogen (secondary N) is 1. The Morgan fingerprint density at radius 2 is 1.93 bits per heavy atom. The smallest absolute Gasteiger partial charge is 0.418 e. The summed E-state index contributed by atoms with van der Waals surface area (Å²) in [7, 11) is 0. The average Bonchev–Trinajstić information content (AvgIpc) is 3.40. The van der Waals surface area contributed by atoms with Gasteiger partial charge in [-0.25, -0.2) is 0 Å². The van der Waals surface area contributed by atoms with E-state index in [2.05, 4.69) is 15.5 Å². The summed E-state index contributed by atoms with van der Waals surface area (Å²) in [6.45, 7) is 1.22. The lowest BCUT2D eigenvalue weighted by atomic mass is 9.97. The molecule has 2 aromatic heterocycles. The third-order valence-electron chi connectivity index (χ3n) is 5.02. The fourth-order valence-corrected chi connectivity index (χ4v) is 3.47. The maximum Gasteiger partial charge on any atom is 0.418 e. The minimum absolute atomic E-state index is 0.0169. The first-order valence-electron chi connectivity index (χ1n) is 9.44. The van der Waals surface area contributed by atoms with Gasteiger partial charge < -0.3 is 14.2 Å². The minimum Gasteiger partial charge on any atom is -0.472 e. The number of benzene rings is 1. The number of nitrogens with zero attached hydrogens (tertiary/aromatic N) is 3. The average molecular weight is 420 g/mol. The number of hydrogen-bond donors (Lipinski definition) is 1. The Balaban J connectivity index is 1.31. The van der Waals surface area contributed by atoms with Crippen molar-refractivity contribution >= 4 is 11.6 Å². The SMILES string of the molecule is O=C(CN1CCC(c2nnc(-c3ccoc3)o2)CC1)Nc1ccccc1C(F)(F)F. The van der Waals surface area contributed by atoms with E-state index in [1.165, 1.54) is 30.7 Å². The van der Waals surface area contributed by atoms with Gasteiger partial charge in [0.25, 0.3) is 5.89 Å². The van der Waals surface area contributed by atoms with Crippen molar-refractivity contribution in [3.05, 3.63) is 54.3 Å². The van der Waals surface area contributed by atoms with Gasteiger partial charge >= 0.3 is 6.18 Å². The molecule has 1 aliphatic rings. The van der Waals surface area contributed by atoms with E-state index < -0.39 is 17.6 Å². The number of likely N-dealkylation sites (tertiary alicyclic amines) is 1. The fraction of sp³-hybridized carbons (Fsp3) is 0.350. The standard InChI is InChI=1S/C20H19F3N4O3/c21-20(22,23)15-3-1-2-4-16(15)24-17(28)11-27-8-5-13(6-9-27)18-25-26-19(30-18)14-7-10-29-12-14/h1-4,7,10,12-13H,5-6,8-9,11H2,(H,24,28). The van der Waals surface area contributed by atoms with Crippen LogP contribution < -0.4 is 5.32 Å². The Morgan fingerprint density at radius 3 is 2.63 bits per heavy atom. The molecule has 158 valence electrons. The molecule has 1 saturated heterocycles. The zero-order valence-corrected chi connectivity index (χ0v) is 15.9. The molecular formula is C20H19F3N4O3. The number of amides is 1. The van der Waals surface area contributed by atoms with Crippen molar-refractivity contribution in [2.24, 2.45) is 0 Å². The predicted molar refractivity (Wildman–Crippen MR) is 100 cm³/mol. The molecule has 7 nitrogen and oxygen atoms in total. The zero-order valence-electron chi connectivity index (χ0n) is 15.9. The van der Waals surface area contributed by atoms with Gasteiger partial charge in [-0.15, -0.1) is 10.2 Å². The predicted octanol–water partition coefficient (Wildman–Crippen LogP) is 4.17. The van der Waals surface area contributed by atoms with Crippen molar-refractivity contribution < 1.29 is 26.8 Å². The molecule has 10 heteroatoms. The summed E-state index contributed by atoms with van der Waals surface area (Å²) < 4.78 is 49.9. The van der Waals surface area contributed by atoms with Gasteiger partial charge in [0.15, 0.2) is 0 Å². The van der Waals surface area contributed by atoms with E-state index in [4.69, 9.17) is 8.83 Å². The highest BCUT2D eigenvalue weighted by Crippen LogP contribution is 2.34. The van der Waals surface area contributed by atoms with Crippen LogP contribution in [0, 0.1) is 0 Å². The van der Waals surface area contributed by atoms with Crippen molar-refractivity contribution in [2.45, 2.75) is 24.9 Å². The molecule has 1 N–H and O–H groups in total. The normalized spacial score (nSPS) is 16.0. The van der Waals surface area contributed by atoms with Gasteiger partial charge in [-0.05, 0) is 44.1 Å². The first-order valence-corrected chi connectivity index (χ1v) is 9.44. The third-order valence-corrected chi connectivity index (χ3v) is 5.02. The maximum atomic E-state index is 13.1. The molecule has 1 amide bonds. The molecule has 3 heterocycles. The van der Waals surface area contributed by atoms with Crippen LogP contribution >= 0.6 is 0 Å². The lowest BCUT2D eigenvalue weighted by Crippen LogP contribution is -2.39. The quantitative estimate of drug-likeness (QED) is 0.667. The van der Waals surface area contributed by atoms with Gasteiger partial charge in [0.2, 0.25) is 11.8 Å². The van der Waals surface area contributed by atoms with Gasteiger partial charge in [0.1, 0.15) is 6.26 Å². The Hall–Kier alpha value is -3.14. The minimum atomic E-state index is -4.53. The molecule has 30 heavy (non-hydrogen) atoms. The number of hydrogen-bond acceptors (Lipinski definition) is 6. The summed E-state index contributed by atoms with van der Waals surface area (Å²) in [6, 6.07) is 6.68. The van der Waals surface area contributed by atoms with E-state index in [0.29, 0.717) is 43.3 Å². The molecule has 1 aliphatic heterocycles. The van der Waals surface area contributed by atoms with E-state index in [1.54, 1.807) is 6.07 Å². The molecule has 0 atom stereocenters. The van der Waals surface area contributed by atoms with Crippen LogP contribution in [0.15, 0.2) is 51.7 Å². The van der Waals surface area contributed by atoms with Crippen molar-refractivity contribution in [2.75, 3.05) is 25.0 Å². The zero-order chi connectivity index (χ0) is 21.1. The molecule has 3 aromatic rings. The fourth-order valence-electron chi connectivity index (χ4n) is 3.47. The second-order valence-electron chi connectivity index (χ2n) is 7.10. The first-order chi connectivity index (χ1) is 14.4. The van der Waals surface area contributed by atoms with Crippen LogP contribution in [-0.4, -0.2) is 40.6 Å². The summed E-state index contributed by atoms with van der Waals surface area (Å²) in [5, 5.41) is 10.5. The number of rotatable bonds is 5. The van der Waals surface area contributed by atoms with Crippen molar-refractivity contribution in [1.29, 1.82) is 0 Å². The monoisotopic (exact) mass is 420 g/mol. The highest BCUT2D eigenvalue weighted by atomic mass is 19.4. The summed E-state index contributed by atoms with van der Waals surface area (Å²) in [5.41, 5.74) is -0.383. The summed E-state index contributed by atoms with van der Waals surface area (Å²) >= 11 is 0. The molecule has 0 saturated carbocycles. The van der Waals surface area contributed by atoms with Gasteiger partial charge in [-0.2, -0.15) is 13.2 Å². The molecule has 1 aromatic carbocycles. The summed E-state index contributed by atoms with van der Waals surface area (Å²) in [4.78, 5) is 14.2. The summed E-state index contributed by atoms with van der Waals surface area (Å²) in [6.07, 6.45) is -0.0637. The van der Waals surface area contributed by atoms with E-state index in [1.807, 2.05) is 4.90 Å². The molecule has 0 unspecified atom stereocenters. The Kier molecular flexibility index (Phi) is 5.58. The molecule has 1 fully saturated rings. The number of carbonyl (C=O) groups is 1. The Bertz CT molecular complexity index is 993.